The Labute approximate surface area is 204 Å². The van der Waals surface area contributed by atoms with Crippen molar-refractivity contribution < 1.29 is 28.6 Å². The average molecular weight is 515 g/mol. The highest BCUT2D eigenvalue weighted by Crippen LogP contribution is 2.39. The van der Waals surface area contributed by atoms with Crippen LogP contribution in [0.4, 0.5) is 0 Å². The van der Waals surface area contributed by atoms with Gasteiger partial charge in [-0.2, -0.15) is 0 Å². The third kappa shape index (κ3) is 7.30. The highest BCUT2D eigenvalue weighted by Gasteiger charge is 2.48. The van der Waals surface area contributed by atoms with Crippen molar-refractivity contribution in [3.63, 3.8) is 0 Å². The van der Waals surface area contributed by atoms with Crippen LogP contribution in [0.2, 0.25) is 0 Å². The van der Waals surface area contributed by atoms with Crippen LogP contribution in [0.1, 0.15) is 58.6 Å². The van der Waals surface area contributed by atoms with Gasteiger partial charge in [-0.1, -0.05) is 28.5 Å². The van der Waals surface area contributed by atoms with E-state index in [1.54, 1.807) is 21.6 Å². The van der Waals surface area contributed by atoms with Crippen LogP contribution in [-0.4, -0.2) is 63.0 Å². The van der Waals surface area contributed by atoms with E-state index in [0.29, 0.717) is 18.1 Å². The lowest BCUT2D eigenvalue weighted by molar-refractivity contribution is -0.159. The second kappa shape index (κ2) is 12.7. The summed E-state index contributed by atoms with van der Waals surface area (Å²) in [6.45, 7) is 3.31. The number of hydrogen-bond donors (Lipinski definition) is 1. The van der Waals surface area contributed by atoms with Gasteiger partial charge in [0.25, 0.3) is 5.56 Å². The lowest BCUT2D eigenvalue weighted by atomic mass is 10.1. The molecular weight excluding hydrogens is 484 g/mol. The second-order valence-corrected chi connectivity index (χ2v) is 11.1. The van der Waals surface area contributed by atoms with Crippen molar-refractivity contribution in [1.29, 1.82) is 0 Å². The molecule has 0 amide bonds. The summed E-state index contributed by atoms with van der Waals surface area (Å²) in [5.41, 5.74) is -1.24. The number of rotatable bonds is 12. The monoisotopic (exact) mass is 514 g/mol. The molecule has 2 saturated heterocycles. The van der Waals surface area contributed by atoms with Crippen LogP contribution in [0, 0.1) is 0 Å². The van der Waals surface area contributed by atoms with E-state index in [9.17, 15) is 24.0 Å². The molecule has 1 aromatic rings. The van der Waals surface area contributed by atoms with Gasteiger partial charge < -0.3 is 19.0 Å². The summed E-state index contributed by atoms with van der Waals surface area (Å²) >= 11 is 0. The minimum Gasteiger partial charge on any atom is -0.457 e. The number of ether oxygens (including phenoxy) is 3. The first-order valence-corrected chi connectivity index (χ1v) is 13.7. The number of carbonyl (C=O) groups is 3. The van der Waals surface area contributed by atoms with Gasteiger partial charge in [0, 0.05) is 42.5 Å². The number of nitrogens with one attached hydrogen (secondary N) is 1. The summed E-state index contributed by atoms with van der Waals surface area (Å²) in [5.74, 6) is 0.425. The number of aromatic amines is 1. The van der Waals surface area contributed by atoms with Gasteiger partial charge >= 0.3 is 11.7 Å². The Bertz CT molecular complexity index is 988. The Hall–Kier alpha value is -1.89. The van der Waals surface area contributed by atoms with Crippen LogP contribution in [0.25, 0.3) is 0 Å². The molecule has 34 heavy (non-hydrogen) atoms. The molecule has 0 spiro atoms. The van der Waals surface area contributed by atoms with Crippen molar-refractivity contribution in [1.82, 2.24) is 9.55 Å². The van der Waals surface area contributed by atoms with Gasteiger partial charge in [0.15, 0.2) is 12.3 Å². The average Bonchev–Trinajstić information content (AvgIpc) is 3.40. The Morgan fingerprint density at radius 1 is 1.21 bits per heavy atom. The molecule has 0 aliphatic carbocycles. The van der Waals surface area contributed by atoms with Crippen molar-refractivity contribution in [3.05, 3.63) is 33.1 Å². The van der Waals surface area contributed by atoms with Gasteiger partial charge in [-0.15, -0.1) is 0 Å². The van der Waals surface area contributed by atoms with Crippen LogP contribution in [-0.2, 0) is 28.6 Å². The van der Waals surface area contributed by atoms with E-state index >= 15 is 0 Å². The summed E-state index contributed by atoms with van der Waals surface area (Å²) in [6.07, 6.45) is 0.172. The Morgan fingerprint density at radius 3 is 2.65 bits per heavy atom. The van der Waals surface area contributed by atoms with Gasteiger partial charge in [-0.25, -0.2) is 4.79 Å². The van der Waals surface area contributed by atoms with Crippen molar-refractivity contribution in [2.75, 3.05) is 12.4 Å². The molecular formula is C22H30N2O8S2. The van der Waals surface area contributed by atoms with Crippen LogP contribution in [0.15, 0.2) is 21.9 Å². The van der Waals surface area contributed by atoms with Crippen molar-refractivity contribution in [2.45, 2.75) is 82.2 Å². The third-order valence-electron chi connectivity index (χ3n) is 5.64. The topological polar surface area (TPSA) is 134 Å². The third-order valence-corrected chi connectivity index (χ3v) is 8.57. The van der Waals surface area contributed by atoms with E-state index in [2.05, 4.69) is 4.98 Å². The Morgan fingerprint density at radius 2 is 2.00 bits per heavy atom. The fourth-order valence-electron chi connectivity index (χ4n) is 3.87. The number of nitrogens with zero attached hydrogens (tertiary/aromatic N) is 1. The van der Waals surface area contributed by atoms with Crippen molar-refractivity contribution >= 4 is 39.1 Å². The van der Waals surface area contributed by atoms with Crippen LogP contribution in [0.5, 0.6) is 0 Å². The van der Waals surface area contributed by atoms with Gasteiger partial charge in [0.05, 0.1) is 19.1 Å². The maximum Gasteiger partial charge on any atom is 0.330 e. The summed E-state index contributed by atoms with van der Waals surface area (Å²) in [5, 5.41) is 0.319. The minimum atomic E-state index is -0.961. The number of H-pyrrole nitrogens is 1. The van der Waals surface area contributed by atoms with E-state index in [1.165, 1.54) is 23.8 Å². The molecule has 1 aromatic heterocycles. The molecule has 3 rings (SSSR count). The molecule has 0 bridgehead atoms. The van der Waals surface area contributed by atoms with E-state index in [4.69, 9.17) is 14.2 Å². The van der Waals surface area contributed by atoms with E-state index in [-0.39, 0.29) is 37.4 Å². The molecule has 2 unspecified atom stereocenters. The zero-order chi connectivity index (χ0) is 24.7. The molecule has 0 radical (unpaired) electrons. The fourth-order valence-corrected chi connectivity index (χ4v) is 6.80. The van der Waals surface area contributed by atoms with Crippen molar-refractivity contribution in [2.24, 2.45) is 0 Å². The minimum absolute atomic E-state index is 0.0590. The normalized spacial score (nSPS) is 26.5. The standard InChI is InChI=1S/C22H30N2O8S2/c1-3-16-19(32-18(28)5-4-13(2)25)20(21(31-16)24-9-6-17(27)23-22(24)29)30-10-7-14(26)12-15-8-11-33-34-15/h6,9,15-16,19-21H,3-5,7-8,10-12H2,1-2H3,(H,23,27,29)/t15?,16-,19?,20+,21-/m1/s1. The number of aromatic nitrogens is 2. The molecule has 2 aliphatic heterocycles. The number of carbonyl (C=O) groups excluding carboxylic acids is 3. The number of Topliss-reactive ketones (excluding diaryl/α,β-unsaturated/α-hetero) is 2. The van der Waals surface area contributed by atoms with Crippen LogP contribution >= 0.6 is 21.6 Å². The molecule has 188 valence electrons. The summed E-state index contributed by atoms with van der Waals surface area (Å²) < 4.78 is 18.8. The summed E-state index contributed by atoms with van der Waals surface area (Å²) in [7, 11) is 3.51. The first-order valence-electron chi connectivity index (χ1n) is 11.4. The first-order chi connectivity index (χ1) is 16.3. The van der Waals surface area contributed by atoms with E-state index in [0.717, 1.165) is 12.2 Å². The maximum absolute atomic E-state index is 12.4. The smallest absolute Gasteiger partial charge is 0.330 e. The lowest BCUT2D eigenvalue weighted by Crippen LogP contribution is -2.41. The molecule has 3 heterocycles. The molecule has 2 fully saturated rings. The fraction of sp³-hybridized carbons (Fsp3) is 0.682. The molecule has 12 heteroatoms. The zero-order valence-corrected chi connectivity index (χ0v) is 20.9. The molecule has 1 N–H and O–H groups in total. The Balaban J connectivity index is 1.73. The predicted molar refractivity (Wildman–Crippen MR) is 128 cm³/mol. The SMILES string of the molecule is CC[C@H]1O[C@@H](n2ccc(=O)[nH]c2=O)[C@@H](OCCC(=O)CC2CCSS2)C1OC(=O)CCC(C)=O. The summed E-state index contributed by atoms with van der Waals surface area (Å²) in [4.78, 5) is 62.1. The molecule has 0 saturated carbocycles. The molecule has 5 atom stereocenters. The first kappa shape index (κ1) is 26.7. The zero-order valence-electron chi connectivity index (χ0n) is 19.2. The van der Waals surface area contributed by atoms with E-state index < -0.39 is 41.8 Å². The number of hydrogen-bond acceptors (Lipinski definition) is 10. The highest BCUT2D eigenvalue weighted by atomic mass is 33.1. The number of ketones is 2. The van der Waals surface area contributed by atoms with Gasteiger partial charge in [0.2, 0.25) is 0 Å². The molecule has 0 aromatic carbocycles. The lowest BCUT2D eigenvalue weighted by Gasteiger charge is -2.25. The van der Waals surface area contributed by atoms with Crippen molar-refractivity contribution in [3.8, 4) is 0 Å². The van der Waals surface area contributed by atoms with Crippen LogP contribution in [0.3, 0.4) is 0 Å². The van der Waals surface area contributed by atoms with Gasteiger partial charge in [-0.05, 0) is 19.8 Å². The van der Waals surface area contributed by atoms with Crippen LogP contribution < -0.4 is 11.2 Å². The largest absolute Gasteiger partial charge is 0.457 e. The second-order valence-electron chi connectivity index (χ2n) is 8.30. The predicted octanol–water partition coefficient (Wildman–Crippen LogP) is 2.01. The quantitative estimate of drug-likeness (QED) is 0.326. The molecule has 2 aliphatic rings. The summed E-state index contributed by atoms with van der Waals surface area (Å²) in [6, 6.07) is 1.19. The Kier molecular flexibility index (Phi) is 9.98. The number of esters is 1. The maximum atomic E-state index is 12.4. The highest BCUT2D eigenvalue weighted by molar-refractivity contribution is 8.77. The van der Waals surface area contributed by atoms with Gasteiger partial charge in [0.1, 0.15) is 17.7 Å². The van der Waals surface area contributed by atoms with E-state index in [1.807, 2.05) is 6.92 Å². The molecule has 10 nitrogen and oxygen atoms in total. The van der Waals surface area contributed by atoms with Gasteiger partial charge in [-0.3, -0.25) is 23.9 Å².